The fraction of sp³-hybridized carbons (Fsp3) is 0.545. The maximum atomic E-state index is 12.9. The maximum Gasteiger partial charge on any atom is 0.247 e. The number of piperazine rings is 1. The van der Waals surface area contributed by atoms with Gasteiger partial charge in [0.25, 0.3) is 0 Å². The number of methoxy groups -OCH3 is 1. The van der Waals surface area contributed by atoms with E-state index < -0.39 is 6.04 Å². The summed E-state index contributed by atoms with van der Waals surface area (Å²) in [5.74, 6) is 1.43. The molecule has 0 saturated carbocycles. The summed E-state index contributed by atoms with van der Waals surface area (Å²) >= 11 is 0. The van der Waals surface area contributed by atoms with Crippen molar-refractivity contribution in [2.24, 2.45) is 11.8 Å². The van der Waals surface area contributed by atoms with E-state index in [1.165, 1.54) is 0 Å². The maximum absolute atomic E-state index is 12.9. The monoisotopic (exact) mass is 372 g/mol. The molecule has 1 N–H and O–H groups in total. The van der Waals surface area contributed by atoms with Crippen LogP contribution in [0.3, 0.4) is 0 Å². The molecule has 5 nitrogen and oxygen atoms in total. The molecular formula is C22H32N2O3. The second-order valence-corrected chi connectivity index (χ2v) is 8.08. The molecule has 0 bridgehead atoms. The highest BCUT2D eigenvalue weighted by atomic mass is 16.5. The van der Waals surface area contributed by atoms with E-state index >= 15 is 0 Å². The summed E-state index contributed by atoms with van der Waals surface area (Å²) in [7, 11) is 1.62. The molecule has 2 atom stereocenters. The molecule has 0 unspecified atom stereocenters. The van der Waals surface area contributed by atoms with E-state index in [1.54, 1.807) is 24.2 Å². The summed E-state index contributed by atoms with van der Waals surface area (Å²) in [4.78, 5) is 27.3. The van der Waals surface area contributed by atoms with Crippen molar-refractivity contribution in [3.05, 3.63) is 35.9 Å². The lowest BCUT2D eigenvalue weighted by atomic mass is 9.95. The first kappa shape index (κ1) is 21.0. The Bertz CT molecular complexity index is 665. The van der Waals surface area contributed by atoms with Gasteiger partial charge >= 0.3 is 0 Å². The zero-order chi connectivity index (χ0) is 20.0. The molecule has 5 heteroatoms. The van der Waals surface area contributed by atoms with Crippen LogP contribution in [0.2, 0.25) is 0 Å². The van der Waals surface area contributed by atoms with Gasteiger partial charge in [0.1, 0.15) is 11.8 Å². The van der Waals surface area contributed by atoms with Crippen molar-refractivity contribution in [3.63, 3.8) is 0 Å². The van der Waals surface area contributed by atoms with Crippen LogP contribution >= 0.6 is 0 Å². The highest BCUT2D eigenvalue weighted by molar-refractivity contribution is 5.96. The lowest BCUT2D eigenvalue weighted by molar-refractivity contribution is -0.142. The summed E-state index contributed by atoms with van der Waals surface area (Å²) < 4.78 is 5.15. The van der Waals surface area contributed by atoms with Crippen LogP contribution in [0.4, 0.5) is 0 Å². The highest BCUT2D eigenvalue weighted by Gasteiger charge is 2.36. The number of benzene rings is 1. The van der Waals surface area contributed by atoms with Gasteiger partial charge in [0, 0.05) is 18.7 Å². The van der Waals surface area contributed by atoms with Crippen LogP contribution in [-0.2, 0) is 9.59 Å². The third-order valence-corrected chi connectivity index (χ3v) is 4.71. The van der Waals surface area contributed by atoms with Crippen molar-refractivity contribution in [1.29, 1.82) is 0 Å². The fourth-order valence-corrected chi connectivity index (χ4v) is 3.45. The first-order valence-electron chi connectivity index (χ1n) is 9.73. The number of amides is 2. The molecule has 1 aromatic rings. The van der Waals surface area contributed by atoms with Gasteiger partial charge in [0.05, 0.1) is 7.11 Å². The second-order valence-electron chi connectivity index (χ2n) is 8.08. The lowest BCUT2D eigenvalue weighted by Gasteiger charge is -2.40. The summed E-state index contributed by atoms with van der Waals surface area (Å²) in [6, 6.07) is 7.13. The molecular weight excluding hydrogens is 340 g/mol. The van der Waals surface area contributed by atoms with Crippen LogP contribution in [0.1, 0.15) is 46.1 Å². The average Bonchev–Trinajstić information content (AvgIpc) is 2.61. The predicted molar refractivity (Wildman–Crippen MR) is 108 cm³/mol. The molecule has 148 valence electrons. The Hall–Kier alpha value is -2.30. The second kappa shape index (κ2) is 9.58. The topological polar surface area (TPSA) is 58.6 Å². The Morgan fingerprint density at radius 3 is 2.37 bits per heavy atom. The summed E-state index contributed by atoms with van der Waals surface area (Å²) in [6.07, 6.45) is 4.90. The predicted octanol–water partition coefficient (Wildman–Crippen LogP) is 3.50. The van der Waals surface area contributed by atoms with Gasteiger partial charge in [0.2, 0.25) is 11.8 Å². The zero-order valence-electron chi connectivity index (χ0n) is 17.1. The molecule has 1 aliphatic heterocycles. The quantitative estimate of drug-likeness (QED) is 0.745. The highest BCUT2D eigenvalue weighted by Crippen LogP contribution is 2.20. The van der Waals surface area contributed by atoms with E-state index in [0.717, 1.165) is 17.7 Å². The molecule has 1 fully saturated rings. The Morgan fingerprint density at radius 1 is 1.19 bits per heavy atom. The SMILES string of the molecule is COc1ccc(C=CC(=O)N2C[C@H](CC(C)C)NC(=O)[C@@H]2CC(C)C)cc1. The van der Waals surface area contributed by atoms with E-state index in [1.807, 2.05) is 24.3 Å². The smallest absolute Gasteiger partial charge is 0.247 e. The van der Waals surface area contributed by atoms with E-state index in [-0.39, 0.29) is 17.9 Å². The van der Waals surface area contributed by atoms with E-state index in [0.29, 0.717) is 24.8 Å². The van der Waals surface area contributed by atoms with Crippen LogP contribution in [0, 0.1) is 11.8 Å². The number of carbonyl (C=O) groups is 2. The minimum Gasteiger partial charge on any atom is -0.497 e. The number of nitrogens with zero attached hydrogens (tertiary/aromatic N) is 1. The summed E-state index contributed by atoms with van der Waals surface area (Å²) in [5.41, 5.74) is 0.921. The van der Waals surface area contributed by atoms with Crippen molar-refractivity contribution in [2.45, 2.75) is 52.6 Å². The van der Waals surface area contributed by atoms with Gasteiger partial charge in [-0.05, 0) is 48.4 Å². The van der Waals surface area contributed by atoms with Gasteiger partial charge < -0.3 is 15.0 Å². The Balaban J connectivity index is 2.15. The van der Waals surface area contributed by atoms with Gasteiger partial charge in [-0.1, -0.05) is 39.8 Å². The molecule has 1 aliphatic rings. The molecule has 0 aromatic heterocycles. The summed E-state index contributed by atoms with van der Waals surface area (Å²) in [5, 5.41) is 3.10. The third-order valence-electron chi connectivity index (χ3n) is 4.71. The van der Waals surface area contributed by atoms with Crippen molar-refractivity contribution >= 4 is 17.9 Å². The molecule has 1 saturated heterocycles. The fourth-order valence-electron chi connectivity index (χ4n) is 3.45. The van der Waals surface area contributed by atoms with Crippen LogP contribution in [0.5, 0.6) is 5.75 Å². The van der Waals surface area contributed by atoms with E-state index in [9.17, 15) is 9.59 Å². The van der Waals surface area contributed by atoms with Gasteiger partial charge in [-0.25, -0.2) is 0 Å². The molecule has 1 heterocycles. The Morgan fingerprint density at radius 2 is 1.81 bits per heavy atom. The van der Waals surface area contributed by atoms with Gasteiger partial charge in [-0.2, -0.15) is 0 Å². The number of nitrogens with one attached hydrogen (secondary N) is 1. The van der Waals surface area contributed by atoms with E-state index in [2.05, 4.69) is 33.0 Å². The normalized spacial score (nSPS) is 20.4. The van der Waals surface area contributed by atoms with Crippen molar-refractivity contribution < 1.29 is 14.3 Å². The standard InChI is InChI=1S/C22H32N2O3/c1-15(2)12-18-14-24(20(13-16(3)4)22(26)23-18)21(25)11-8-17-6-9-19(27-5)10-7-17/h6-11,15-16,18,20H,12-14H2,1-5H3,(H,23,26)/t18-,20-/m0/s1. The lowest BCUT2D eigenvalue weighted by Crippen LogP contribution is -2.61. The molecule has 2 rings (SSSR count). The Labute approximate surface area is 162 Å². The van der Waals surface area contributed by atoms with Crippen LogP contribution < -0.4 is 10.1 Å². The molecule has 2 amide bonds. The molecule has 1 aromatic carbocycles. The van der Waals surface area contributed by atoms with Crippen molar-refractivity contribution in [3.8, 4) is 5.75 Å². The number of rotatable bonds is 7. The van der Waals surface area contributed by atoms with Gasteiger partial charge in [0.15, 0.2) is 0 Å². The van der Waals surface area contributed by atoms with E-state index in [4.69, 9.17) is 4.74 Å². The molecule has 0 radical (unpaired) electrons. The first-order chi connectivity index (χ1) is 12.8. The van der Waals surface area contributed by atoms with Crippen molar-refractivity contribution in [2.75, 3.05) is 13.7 Å². The van der Waals surface area contributed by atoms with Crippen LogP contribution in [0.15, 0.2) is 30.3 Å². The largest absolute Gasteiger partial charge is 0.497 e. The first-order valence-corrected chi connectivity index (χ1v) is 9.73. The molecule has 0 aliphatic carbocycles. The van der Waals surface area contributed by atoms with Crippen molar-refractivity contribution in [1.82, 2.24) is 10.2 Å². The number of hydrogen-bond acceptors (Lipinski definition) is 3. The van der Waals surface area contributed by atoms with Crippen LogP contribution in [0.25, 0.3) is 6.08 Å². The number of ether oxygens (including phenoxy) is 1. The molecule has 0 spiro atoms. The minimum absolute atomic E-state index is 0.0132. The summed E-state index contributed by atoms with van der Waals surface area (Å²) in [6.45, 7) is 8.96. The average molecular weight is 373 g/mol. The van der Waals surface area contributed by atoms with Gasteiger partial charge in [-0.15, -0.1) is 0 Å². The van der Waals surface area contributed by atoms with Gasteiger partial charge in [-0.3, -0.25) is 9.59 Å². The number of carbonyl (C=O) groups excluding carboxylic acids is 2. The minimum atomic E-state index is -0.401. The third kappa shape index (κ3) is 6.12. The molecule has 27 heavy (non-hydrogen) atoms. The van der Waals surface area contributed by atoms with Crippen LogP contribution in [-0.4, -0.2) is 42.5 Å². The number of hydrogen-bond donors (Lipinski definition) is 1. The Kier molecular flexibility index (Phi) is 7.45. The zero-order valence-corrected chi connectivity index (χ0v) is 17.1.